The molecule has 2 rings (SSSR count). The number of nitriles is 1. The van der Waals surface area contributed by atoms with Gasteiger partial charge in [-0.3, -0.25) is 4.79 Å². The lowest BCUT2D eigenvalue weighted by Gasteiger charge is -2.19. The monoisotopic (exact) mass is 323 g/mol. The molecule has 0 bridgehead atoms. The van der Waals surface area contributed by atoms with Gasteiger partial charge < -0.3 is 15.0 Å². The number of hydrogen-bond acceptors (Lipinski definition) is 4. The second-order valence-electron chi connectivity index (χ2n) is 5.39. The molecule has 0 aliphatic carbocycles. The lowest BCUT2D eigenvalue weighted by Crippen LogP contribution is -2.31. The van der Waals surface area contributed by atoms with Crippen molar-refractivity contribution in [3.05, 3.63) is 60.2 Å². The molecule has 24 heavy (non-hydrogen) atoms. The molecule has 124 valence electrons. The maximum Gasteiger partial charge on any atom is 0.257 e. The van der Waals surface area contributed by atoms with E-state index in [4.69, 9.17) is 10.00 Å². The molecule has 0 saturated carbocycles. The molecule has 0 aliphatic rings. The van der Waals surface area contributed by atoms with Gasteiger partial charge in [0, 0.05) is 25.8 Å². The molecule has 1 N–H and O–H groups in total. The number of amides is 1. The summed E-state index contributed by atoms with van der Waals surface area (Å²) in [6.07, 6.45) is 0.855. The first-order valence-corrected chi connectivity index (χ1v) is 7.85. The summed E-state index contributed by atoms with van der Waals surface area (Å²) in [5.41, 5.74) is 1.72. The first-order chi connectivity index (χ1) is 11.7. The zero-order valence-corrected chi connectivity index (χ0v) is 13.7. The smallest absolute Gasteiger partial charge is 0.257 e. The number of nitrogens with zero attached hydrogens (tertiary/aromatic N) is 2. The average Bonchev–Trinajstić information content (AvgIpc) is 2.64. The Morgan fingerprint density at radius 1 is 1.17 bits per heavy atom. The van der Waals surface area contributed by atoms with Gasteiger partial charge in [0.25, 0.3) is 5.91 Å². The van der Waals surface area contributed by atoms with Gasteiger partial charge in [0.2, 0.25) is 0 Å². The number of carbonyl (C=O) groups is 1. The molecule has 0 aliphatic heterocycles. The van der Waals surface area contributed by atoms with Crippen molar-refractivity contribution in [2.24, 2.45) is 0 Å². The third kappa shape index (κ3) is 5.65. The number of rotatable bonds is 8. The Kier molecular flexibility index (Phi) is 6.66. The second kappa shape index (κ2) is 9.21. The van der Waals surface area contributed by atoms with Crippen LogP contribution in [0.2, 0.25) is 0 Å². The highest BCUT2D eigenvalue weighted by atomic mass is 16.5. The Labute approximate surface area is 142 Å². The zero-order valence-electron chi connectivity index (χ0n) is 13.7. The summed E-state index contributed by atoms with van der Waals surface area (Å²) in [5.74, 6) is 0.426. The third-order valence-electron chi connectivity index (χ3n) is 3.54. The first-order valence-electron chi connectivity index (χ1n) is 7.85. The SMILES string of the molecule is CN(CCCNC(=O)COc1ccc(C#N)cc1)c1ccccc1. The maximum absolute atomic E-state index is 11.8. The number of hydrogen-bond donors (Lipinski definition) is 1. The fourth-order valence-corrected chi connectivity index (χ4v) is 2.18. The Hall–Kier alpha value is -3.00. The summed E-state index contributed by atoms with van der Waals surface area (Å²) in [5, 5.41) is 11.6. The molecule has 0 saturated heterocycles. The van der Waals surface area contributed by atoms with Gasteiger partial charge in [-0.2, -0.15) is 5.26 Å². The van der Waals surface area contributed by atoms with Crippen LogP contribution < -0.4 is 15.0 Å². The van der Waals surface area contributed by atoms with Crippen LogP contribution in [0, 0.1) is 11.3 Å². The van der Waals surface area contributed by atoms with Gasteiger partial charge >= 0.3 is 0 Å². The van der Waals surface area contributed by atoms with E-state index in [0.717, 1.165) is 18.7 Å². The van der Waals surface area contributed by atoms with Crippen LogP contribution in [0.5, 0.6) is 5.75 Å². The van der Waals surface area contributed by atoms with E-state index >= 15 is 0 Å². The standard InChI is InChI=1S/C19H21N3O2/c1-22(17-6-3-2-4-7-17)13-5-12-21-19(23)15-24-18-10-8-16(14-20)9-11-18/h2-4,6-11H,5,12-13,15H2,1H3,(H,21,23). The normalized spacial score (nSPS) is 9.83. The molecule has 1 amide bonds. The van der Waals surface area contributed by atoms with Crippen LogP contribution in [-0.2, 0) is 4.79 Å². The number of anilines is 1. The summed E-state index contributed by atoms with van der Waals surface area (Å²) in [6, 6.07) is 18.8. The van der Waals surface area contributed by atoms with Crippen molar-refractivity contribution in [2.45, 2.75) is 6.42 Å². The number of carbonyl (C=O) groups excluding carboxylic acids is 1. The van der Waals surface area contributed by atoms with Gasteiger partial charge in [0.05, 0.1) is 11.6 Å². The van der Waals surface area contributed by atoms with E-state index in [2.05, 4.69) is 22.3 Å². The number of para-hydroxylation sites is 1. The molecule has 0 aromatic heterocycles. The van der Waals surface area contributed by atoms with Crippen LogP contribution in [0.4, 0.5) is 5.69 Å². The van der Waals surface area contributed by atoms with Crippen molar-refractivity contribution in [1.29, 1.82) is 5.26 Å². The van der Waals surface area contributed by atoms with E-state index in [9.17, 15) is 4.79 Å². The largest absolute Gasteiger partial charge is 0.484 e. The summed E-state index contributed by atoms with van der Waals surface area (Å²) in [6.45, 7) is 1.44. The minimum Gasteiger partial charge on any atom is -0.484 e. The minimum atomic E-state index is -0.151. The van der Waals surface area contributed by atoms with E-state index in [-0.39, 0.29) is 12.5 Å². The van der Waals surface area contributed by atoms with Crippen LogP contribution in [0.3, 0.4) is 0 Å². The number of nitrogens with one attached hydrogen (secondary N) is 1. The zero-order chi connectivity index (χ0) is 17.2. The Morgan fingerprint density at radius 3 is 2.54 bits per heavy atom. The molecule has 0 fully saturated rings. The van der Waals surface area contributed by atoms with Gasteiger partial charge in [0.1, 0.15) is 5.75 Å². The van der Waals surface area contributed by atoms with Crippen LogP contribution >= 0.6 is 0 Å². The van der Waals surface area contributed by atoms with Gasteiger partial charge in [-0.15, -0.1) is 0 Å². The quantitative estimate of drug-likeness (QED) is 0.758. The van der Waals surface area contributed by atoms with Crippen LogP contribution in [0.1, 0.15) is 12.0 Å². The number of ether oxygens (including phenoxy) is 1. The predicted octanol–water partition coefficient (Wildman–Crippen LogP) is 2.58. The highest BCUT2D eigenvalue weighted by Crippen LogP contribution is 2.11. The van der Waals surface area contributed by atoms with Crippen LogP contribution in [0.25, 0.3) is 0 Å². The van der Waals surface area contributed by atoms with Gasteiger partial charge in [-0.05, 0) is 42.8 Å². The van der Waals surface area contributed by atoms with Gasteiger partial charge in [-0.25, -0.2) is 0 Å². The molecule has 0 atom stereocenters. The van der Waals surface area contributed by atoms with Gasteiger partial charge in [-0.1, -0.05) is 18.2 Å². The third-order valence-corrected chi connectivity index (χ3v) is 3.54. The minimum absolute atomic E-state index is 0.0274. The van der Waals surface area contributed by atoms with E-state index < -0.39 is 0 Å². The van der Waals surface area contributed by atoms with Crippen molar-refractivity contribution in [3.8, 4) is 11.8 Å². The topological polar surface area (TPSA) is 65.4 Å². The van der Waals surface area contributed by atoms with Crippen LogP contribution in [-0.4, -0.2) is 32.7 Å². The van der Waals surface area contributed by atoms with E-state index in [1.165, 1.54) is 0 Å². The van der Waals surface area contributed by atoms with E-state index in [1.54, 1.807) is 24.3 Å². The van der Waals surface area contributed by atoms with Crippen molar-refractivity contribution in [2.75, 3.05) is 31.6 Å². The van der Waals surface area contributed by atoms with Gasteiger partial charge in [0.15, 0.2) is 6.61 Å². The molecule has 0 spiro atoms. The highest BCUT2D eigenvalue weighted by molar-refractivity contribution is 5.77. The van der Waals surface area contributed by atoms with Crippen molar-refractivity contribution in [1.82, 2.24) is 5.32 Å². The molecular formula is C19H21N3O2. The molecule has 5 heteroatoms. The predicted molar refractivity (Wildman–Crippen MR) is 94.0 cm³/mol. The summed E-state index contributed by atoms with van der Waals surface area (Å²) < 4.78 is 5.38. The average molecular weight is 323 g/mol. The Morgan fingerprint density at radius 2 is 1.88 bits per heavy atom. The maximum atomic E-state index is 11.8. The molecule has 0 unspecified atom stereocenters. The lowest BCUT2D eigenvalue weighted by molar-refractivity contribution is -0.123. The lowest BCUT2D eigenvalue weighted by atomic mass is 10.2. The molecule has 5 nitrogen and oxygen atoms in total. The molecule has 2 aromatic rings. The van der Waals surface area contributed by atoms with E-state index in [0.29, 0.717) is 17.9 Å². The molecule has 2 aromatic carbocycles. The molecule has 0 heterocycles. The number of benzene rings is 2. The summed E-state index contributed by atoms with van der Waals surface area (Å²) in [4.78, 5) is 13.9. The van der Waals surface area contributed by atoms with Crippen molar-refractivity contribution in [3.63, 3.8) is 0 Å². The fraction of sp³-hybridized carbons (Fsp3) is 0.263. The van der Waals surface area contributed by atoms with E-state index in [1.807, 2.05) is 31.3 Å². The second-order valence-corrected chi connectivity index (χ2v) is 5.39. The van der Waals surface area contributed by atoms with Crippen molar-refractivity contribution < 1.29 is 9.53 Å². The Bertz CT molecular complexity index is 678. The molecular weight excluding hydrogens is 302 g/mol. The van der Waals surface area contributed by atoms with Crippen molar-refractivity contribution >= 4 is 11.6 Å². The Balaban J connectivity index is 1.62. The first kappa shape index (κ1) is 17.4. The summed E-state index contributed by atoms with van der Waals surface area (Å²) in [7, 11) is 2.03. The summed E-state index contributed by atoms with van der Waals surface area (Å²) >= 11 is 0. The molecule has 0 radical (unpaired) electrons. The fourth-order valence-electron chi connectivity index (χ4n) is 2.18. The highest BCUT2D eigenvalue weighted by Gasteiger charge is 2.04. The van der Waals surface area contributed by atoms with Crippen LogP contribution in [0.15, 0.2) is 54.6 Å².